The van der Waals surface area contributed by atoms with Gasteiger partial charge in [0.05, 0.1) is 19.2 Å². The molecule has 0 bridgehead atoms. The summed E-state index contributed by atoms with van der Waals surface area (Å²) in [5.41, 5.74) is 3.67. The molecule has 0 fully saturated rings. The second-order valence-electron chi connectivity index (χ2n) is 4.32. The molecule has 3 heteroatoms. The normalized spacial score (nSPS) is 11.9. The van der Waals surface area contributed by atoms with Crippen LogP contribution < -0.4 is 10.1 Å². The van der Waals surface area contributed by atoms with Gasteiger partial charge in [-0.3, -0.25) is 0 Å². The molecule has 1 unspecified atom stereocenters. The van der Waals surface area contributed by atoms with Gasteiger partial charge in [0.15, 0.2) is 0 Å². The summed E-state index contributed by atoms with van der Waals surface area (Å²) < 4.78 is 5.40. The highest BCUT2D eigenvalue weighted by Gasteiger charge is 2.08. The Morgan fingerprint density at radius 1 is 1.41 bits per heavy atom. The average molecular weight is 232 g/mol. The zero-order chi connectivity index (χ0) is 12.8. The van der Waals surface area contributed by atoms with Crippen LogP contribution in [0.5, 0.6) is 5.75 Å². The zero-order valence-electron chi connectivity index (χ0n) is 11.0. The van der Waals surface area contributed by atoms with E-state index >= 15 is 0 Å². The van der Waals surface area contributed by atoms with Gasteiger partial charge < -0.3 is 10.1 Å². The minimum Gasteiger partial charge on any atom is -0.496 e. The van der Waals surface area contributed by atoms with Crippen molar-refractivity contribution in [3.63, 3.8) is 0 Å². The van der Waals surface area contributed by atoms with Gasteiger partial charge in [-0.25, -0.2) is 0 Å². The third-order valence-electron chi connectivity index (χ3n) is 2.82. The summed E-state index contributed by atoms with van der Waals surface area (Å²) in [4.78, 5) is 0. The molecule has 0 aromatic heterocycles. The van der Waals surface area contributed by atoms with Crippen molar-refractivity contribution in [3.05, 3.63) is 28.8 Å². The molecule has 1 rings (SSSR count). The van der Waals surface area contributed by atoms with Crippen LogP contribution in [0.3, 0.4) is 0 Å². The van der Waals surface area contributed by atoms with Crippen LogP contribution in [0.15, 0.2) is 12.1 Å². The van der Waals surface area contributed by atoms with Gasteiger partial charge in [0.2, 0.25) is 0 Å². The van der Waals surface area contributed by atoms with E-state index < -0.39 is 0 Å². The third-order valence-corrected chi connectivity index (χ3v) is 2.82. The standard InChI is InChI=1S/C14H20N2O/c1-10-7-11(2)13(14(8-10)17-4)5-6-16-12(3)9-15/h7-8,12,16H,5-6H2,1-4H3. The molecular weight excluding hydrogens is 212 g/mol. The first-order valence-corrected chi connectivity index (χ1v) is 5.85. The van der Waals surface area contributed by atoms with Gasteiger partial charge in [-0.05, 0) is 49.9 Å². The molecule has 0 aliphatic heterocycles. The lowest BCUT2D eigenvalue weighted by atomic mass is 10.0. The zero-order valence-corrected chi connectivity index (χ0v) is 11.0. The fourth-order valence-corrected chi connectivity index (χ4v) is 1.92. The number of benzene rings is 1. The highest BCUT2D eigenvalue weighted by molar-refractivity contribution is 5.43. The van der Waals surface area contributed by atoms with Gasteiger partial charge >= 0.3 is 0 Å². The third kappa shape index (κ3) is 3.76. The molecular formula is C14H20N2O. The predicted molar refractivity (Wildman–Crippen MR) is 69.2 cm³/mol. The Labute approximate surface area is 103 Å². The molecule has 0 amide bonds. The molecule has 1 atom stereocenters. The Kier molecular flexibility index (Phi) is 4.99. The molecule has 0 radical (unpaired) electrons. The Balaban J connectivity index is 2.74. The van der Waals surface area contributed by atoms with Crippen LogP contribution in [-0.4, -0.2) is 19.7 Å². The summed E-state index contributed by atoms with van der Waals surface area (Å²) >= 11 is 0. The monoisotopic (exact) mass is 232 g/mol. The quantitative estimate of drug-likeness (QED) is 0.847. The van der Waals surface area contributed by atoms with Crippen molar-refractivity contribution in [2.75, 3.05) is 13.7 Å². The predicted octanol–water partition coefficient (Wildman–Crippen LogP) is 2.36. The van der Waals surface area contributed by atoms with Crippen molar-refractivity contribution in [2.24, 2.45) is 0 Å². The summed E-state index contributed by atoms with van der Waals surface area (Å²) in [6.07, 6.45) is 0.876. The number of aryl methyl sites for hydroxylation is 2. The summed E-state index contributed by atoms with van der Waals surface area (Å²) in [5.74, 6) is 0.939. The van der Waals surface area contributed by atoms with E-state index in [1.54, 1.807) is 7.11 Å². The molecule has 92 valence electrons. The van der Waals surface area contributed by atoms with Crippen molar-refractivity contribution >= 4 is 0 Å². The van der Waals surface area contributed by atoms with E-state index in [9.17, 15) is 0 Å². The number of methoxy groups -OCH3 is 1. The number of ether oxygens (including phenoxy) is 1. The fraction of sp³-hybridized carbons (Fsp3) is 0.500. The largest absolute Gasteiger partial charge is 0.496 e. The van der Waals surface area contributed by atoms with Gasteiger partial charge in [-0.1, -0.05) is 6.07 Å². The van der Waals surface area contributed by atoms with Crippen LogP contribution in [0, 0.1) is 25.2 Å². The molecule has 0 saturated carbocycles. The van der Waals surface area contributed by atoms with Crippen molar-refractivity contribution in [1.29, 1.82) is 5.26 Å². The average Bonchev–Trinajstić information content (AvgIpc) is 2.30. The van der Waals surface area contributed by atoms with E-state index in [0.29, 0.717) is 0 Å². The lowest BCUT2D eigenvalue weighted by Gasteiger charge is -2.14. The Morgan fingerprint density at radius 3 is 2.71 bits per heavy atom. The molecule has 0 aliphatic rings. The first-order valence-electron chi connectivity index (χ1n) is 5.85. The van der Waals surface area contributed by atoms with E-state index in [1.807, 2.05) is 6.92 Å². The Morgan fingerprint density at radius 2 is 2.12 bits per heavy atom. The van der Waals surface area contributed by atoms with Crippen LogP contribution in [0.1, 0.15) is 23.6 Å². The van der Waals surface area contributed by atoms with E-state index in [1.165, 1.54) is 16.7 Å². The van der Waals surface area contributed by atoms with E-state index in [-0.39, 0.29) is 6.04 Å². The second kappa shape index (κ2) is 6.27. The summed E-state index contributed by atoms with van der Waals surface area (Å²) in [6.45, 7) is 6.81. The number of hydrogen-bond donors (Lipinski definition) is 1. The van der Waals surface area contributed by atoms with Crippen molar-refractivity contribution in [1.82, 2.24) is 5.32 Å². The number of nitrogens with one attached hydrogen (secondary N) is 1. The fourth-order valence-electron chi connectivity index (χ4n) is 1.92. The first-order chi connectivity index (χ1) is 8.08. The molecule has 1 N–H and O–H groups in total. The summed E-state index contributed by atoms with van der Waals surface area (Å²) in [7, 11) is 1.70. The smallest absolute Gasteiger partial charge is 0.122 e. The molecule has 0 spiro atoms. The molecule has 3 nitrogen and oxygen atoms in total. The molecule has 1 aromatic carbocycles. The van der Waals surface area contributed by atoms with Crippen LogP contribution in [0.25, 0.3) is 0 Å². The molecule has 0 saturated heterocycles. The maximum absolute atomic E-state index is 8.69. The molecule has 17 heavy (non-hydrogen) atoms. The molecule has 0 heterocycles. The van der Waals surface area contributed by atoms with Crippen LogP contribution in [0.4, 0.5) is 0 Å². The van der Waals surface area contributed by atoms with Crippen molar-refractivity contribution in [2.45, 2.75) is 33.2 Å². The highest BCUT2D eigenvalue weighted by atomic mass is 16.5. The van der Waals surface area contributed by atoms with Crippen LogP contribution in [0.2, 0.25) is 0 Å². The van der Waals surface area contributed by atoms with Gasteiger partial charge in [0, 0.05) is 6.54 Å². The maximum atomic E-state index is 8.69. The lowest BCUT2D eigenvalue weighted by molar-refractivity contribution is 0.408. The minimum atomic E-state index is -0.105. The van der Waals surface area contributed by atoms with Gasteiger partial charge in [-0.15, -0.1) is 0 Å². The number of nitriles is 1. The van der Waals surface area contributed by atoms with Gasteiger partial charge in [0.25, 0.3) is 0 Å². The number of rotatable bonds is 5. The summed E-state index contributed by atoms with van der Waals surface area (Å²) in [5, 5.41) is 11.8. The van der Waals surface area contributed by atoms with Crippen molar-refractivity contribution in [3.8, 4) is 11.8 Å². The lowest BCUT2D eigenvalue weighted by Crippen LogP contribution is -2.26. The van der Waals surface area contributed by atoms with Crippen LogP contribution >= 0.6 is 0 Å². The Bertz CT molecular complexity index is 421. The topological polar surface area (TPSA) is 45.0 Å². The van der Waals surface area contributed by atoms with Gasteiger partial charge in [-0.2, -0.15) is 5.26 Å². The van der Waals surface area contributed by atoms with E-state index in [2.05, 4.69) is 37.4 Å². The highest BCUT2D eigenvalue weighted by Crippen LogP contribution is 2.24. The SMILES string of the molecule is COc1cc(C)cc(C)c1CCNC(C)C#N. The van der Waals surface area contributed by atoms with Crippen molar-refractivity contribution < 1.29 is 4.74 Å². The first kappa shape index (κ1) is 13.5. The summed E-state index contributed by atoms with van der Waals surface area (Å²) in [6, 6.07) is 6.27. The van der Waals surface area contributed by atoms with E-state index in [4.69, 9.17) is 10.00 Å². The minimum absolute atomic E-state index is 0.105. The van der Waals surface area contributed by atoms with E-state index in [0.717, 1.165) is 18.7 Å². The second-order valence-corrected chi connectivity index (χ2v) is 4.32. The molecule has 1 aromatic rings. The maximum Gasteiger partial charge on any atom is 0.122 e. The number of nitrogens with zero attached hydrogens (tertiary/aromatic N) is 1. The Hall–Kier alpha value is -1.53. The number of hydrogen-bond acceptors (Lipinski definition) is 3. The van der Waals surface area contributed by atoms with Crippen LogP contribution in [-0.2, 0) is 6.42 Å². The molecule has 0 aliphatic carbocycles. The van der Waals surface area contributed by atoms with Gasteiger partial charge in [0.1, 0.15) is 5.75 Å².